The van der Waals surface area contributed by atoms with Crippen molar-refractivity contribution in [2.45, 2.75) is 49.9 Å². The highest BCUT2D eigenvalue weighted by Crippen LogP contribution is 2.28. The smallest absolute Gasteiger partial charge is 0.230 e. The summed E-state index contributed by atoms with van der Waals surface area (Å²) >= 11 is 2.92. The van der Waals surface area contributed by atoms with Crippen molar-refractivity contribution in [3.8, 4) is 0 Å². The summed E-state index contributed by atoms with van der Waals surface area (Å²) in [5.74, 6) is 1.06. The molecule has 1 aromatic heterocycles. The molecule has 1 saturated carbocycles. The van der Waals surface area contributed by atoms with E-state index in [1.165, 1.54) is 47.9 Å². The molecule has 2 N–H and O–H groups in total. The van der Waals surface area contributed by atoms with Gasteiger partial charge in [-0.25, -0.2) is 0 Å². The third-order valence-electron chi connectivity index (χ3n) is 4.49. The minimum atomic E-state index is 0.0898. The van der Waals surface area contributed by atoms with Crippen LogP contribution in [0, 0.1) is 12.8 Å². The molecule has 1 amide bonds. The molecule has 2 aromatic rings. The van der Waals surface area contributed by atoms with Gasteiger partial charge >= 0.3 is 0 Å². The molecular formula is C18H24N4OS2. The third kappa shape index (κ3) is 5.44. The van der Waals surface area contributed by atoms with Crippen LogP contribution in [0.3, 0.4) is 0 Å². The van der Waals surface area contributed by atoms with Crippen molar-refractivity contribution in [3.05, 3.63) is 29.8 Å². The number of amides is 1. The number of aromatic nitrogens is 2. The largest absolute Gasteiger partial charge is 0.352 e. The van der Waals surface area contributed by atoms with Crippen LogP contribution in [-0.4, -0.2) is 27.9 Å². The first-order chi connectivity index (χ1) is 12.1. The minimum Gasteiger partial charge on any atom is -0.352 e. The number of rotatable bonds is 6. The Bertz CT molecular complexity index is 701. The van der Waals surface area contributed by atoms with E-state index in [-0.39, 0.29) is 5.91 Å². The van der Waals surface area contributed by atoms with Gasteiger partial charge < -0.3 is 10.6 Å². The van der Waals surface area contributed by atoms with Gasteiger partial charge in [0, 0.05) is 11.7 Å². The van der Waals surface area contributed by atoms with Gasteiger partial charge in [0.15, 0.2) is 4.34 Å². The number of thioether (sulfide) groups is 1. The number of aryl methyl sites for hydroxylation is 1. The molecule has 0 saturated heterocycles. The minimum absolute atomic E-state index is 0.0898. The first kappa shape index (κ1) is 18.2. The Kier molecular flexibility index (Phi) is 6.31. The van der Waals surface area contributed by atoms with E-state index in [4.69, 9.17) is 0 Å². The number of anilines is 2. The molecule has 0 spiro atoms. The Morgan fingerprint density at radius 3 is 2.76 bits per heavy atom. The Morgan fingerprint density at radius 2 is 2.00 bits per heavy atom. The van der Waals surface area contributed by atoms with Gasteiger partial charge in [0.05, 0.1) is 5.75 Å². The first-order valence-corrected chi connectivity index (χ1v) is 10.5. The summed E-state index contributed by atoms with van der Waals surface area (Å²) in [7, 11) is 0. The van der Waals surface area contributed by atoms with Gasteiger partial charge in [0.2, 0.25) is 11.0 Å². The molecule has 1 aliphatic carbocycles. The van der Waals surface area contributed by atoms with Crippen LogP contribution in [0.4, 0.5) is 10.8 Å². The molecule has 3 rings (SSSR count). The summed E-state index contributed by atoms with van der Waals surface area (Å²) < 4.78 is 0.807. The predicted octanol–water partition coefficient (Wildman–Crippen LogP) is 4.38. The molecule has 0 aliphatic heterocycles. The summed E-state index contributed by atoms with van der Waals surface area (Å²) in [6.07, 6.45) is 4.81. The van der Waals surface area contributed by atoms with Crippen LogP contribution in [0.15, 0.2) is 28.6 Å². The van der Waals surface area contributed by atoms with E-state index in [1.54, 1.807) is 0 Å². The van der Waals surface area contributed by atoms with Crippen LogP contribution in [0.25, 0.3) is 0 Å². The maximum absolute atomic E-state index is 12.2. The van der Waals surface area contributed by atoms with Crippen LogP contribution in [-0.2, 0) is 4.79 Å². The Hall–Kier alpha value is -1.60. The van der Waals surface area contributed by atoms with Gasteiger partial charge in [-0.2, -0.15) is 0 Å². The molecule has 25 heavy (non-hydrogen) atoms. The van der Waals surface area contributed by atoms with Gasteiger partial charge in [0.25, 0.3) is 0 Å². The molecular weight excluding hydrogens is 352 g/mol. The van der Waals surface area contributed by atoms with Crippen molar-refractivity contribution in [1.29, 1.82) is 0 Å². The standard InChI is InChI=1S/C18H24N4OS2/c1-12-7-9-14(10-8-12)19-17-21-22-18(25-17)24-11-16(23)20-15-6-4-3-5-13(15)2/h7-10,13,15H,3-6,11H2,1-2H3,(H,19,21)(H,20,23)/t13-,15+/m1/s1. The lowest BCUT2D eigenvalue weighted by molar-refractivity contribution is -0.119. The highest BCUT2D eigenvalue weighted by atomic mass is 32.2. The maximum atomic E-state index is 12.2. The molecule has 7 heteroatoms. The van der Waals surface area contributed by atoms with E-state index in [0.717, 1.165) is 21.6 Å². The van der Waals surface area contributed by atoms with Crippen LogP contribution in [0.1, 0.15) is 38.2 Å². The lowest BCUT2D eigenvalue weighted by atomic mass is 9.86. The summed E-state index contributed by atoms with van der Waals surface area (Å²) in [5, 5.41) is 15.5. The monoisotopic (exact) mass is 376 g/mol. The number of hydrogen-bond acceptors (Lipinski definition) is 6. The zero-order chi connectivity index (χ0) is 17.6. The fourth-order valence-corrected chi connectivity index (χ4v) is 4.57. The third-order valence-corrected chi connectivity index (χ3v) is 6.47. The Balaban J connectivity index is 1.46. The number of hydrogen-bond donors (Lipinski definition) is 2. The lowest BCUT2D eigenvalue weighted by Gasteiger charge is -2.29. The quantitative estimate of drug-likeness (QED) is 0.733. The van der Waals surface area contributed by atoms with Gasteiger partial charge in [-0.05, 0) is 37.8 Å². The molecule has 1 aliphatic rings. The van der Waals surface area contributed by atoms with E-state index < -0.39 is 0 Å². The number of nitrogens with zero attached hydrogens (tertiary/aromatic N) is 2. The zero-order valence-electron chi connectivity index (χ0n) is 14.6. The summed E-state index contributed by atoms with van der Waals surface area (Å²) in [5.41, 5.74) is 2.21. The summed E-state index contributed by atoms with van der Waals surface area (Å²) in [6, 6.07) is 8.46. The van der Waals surface area contributed by atoms with Crippen molar-refractivity contribution in [1.82, 2.24) is 15.5 Å². The second kappa shape index (κ2) is 8.67. The maximum Gasteiger partial charge on any atom is 0.230 e. The van der Waals surface area contributed by atoms with Crippen molar-refractivity contribution in [2.24, 2.45) is 5.92 Å². The lowest BCUT2D eigenvalue weighted by Crippen LogP contribution is -2.41. The van der Waals surface area contributed by atoms with Crippen LogP contribution < -0.4 is 10.6 Å². The van der Waals surface area contributed by atoms with Gasteiger partial charge in [-0.15, -0.1) is 10.2 Å². The normalized spacial score (nSPS) is 20.2. The molecule has 5 nitrogen and oxygen atoms in total. The van der Waals surface area contributed by atoms with Crippen molar-refractivity contribution in [3.63, 3.8) is 0 Å². The zero-order valence-corrected chi connectivity index (χ0v) is 16.3. The molecule has 0 bridgehead atoms. The van der Waals surface area contributed by atoms with Gasteiger partial charge in [-0.1, -0.05) is 60.6 Å². The number of benzene rings is 1. The van der Waals surface area contributed by atoms with E-state index in [9.17, 15) is 4.79 Å². The fourth-order valence-electron chi connectivity index (χ4n) is 2.99. The average Bonchev–Trinajstić information content (AvgIpc) is 3.05. The van der Waals surface area contributed by atoms with Gasteiger partial charge in [0.1, 0.15) is 0 Å². The number of nitrogens with one attached hydrogen (secondary N) is 2. The van der Waals surface area contributed by atoms with E-state index in [1.807, 2.05) is 12.1 Å². The highest BCUT2D eigenvalue weighted by Gasteiger charge is 2.22. The van der Waals surface area contributed by atoms with Crippen molar-refractivity contribution < 1.29 is 4.79 Å². The SMILES string of the molecule is Cc1ccc(Nc2nnc(SCC(=O)N[C@H]3CCCC[C@H]3C)s2)cc1. The number of carbonyl (C=O) groups excluding carboxylic acids is 1. The van der Waals surface area contributed by atoms with Crippen LogP contribution in [0.5, 0.6) is 0 Å². The second-order valence-electron chi connectivity index (χ2n) is 6.59. The van der Waals surface area contributed by atoms with Crippen LogP contribution >= 0.6 is 23.1 Å². The van der Waals surface area contributed by atoms with E-state index in [0.29, 0.717) is 17.7 Å². The van der Waals surface area contributed by atoms with E-state index >= 15 is 0 Å². The summed E-state index contributed by atoms with van der Waals surface area (Å²) in [4.78, 5) is 12.2. The average molecular weight is 377 g/mol. The predicted molar refractivity (Wildman–Crippen MR) is 105 cm³/mol. The number of carbonyl (C=O) groups is 1. The highest BCUT2D eigenvalue weighted by molar-refractivity contribution is 8.01. The van der Waals surface area contributed by atoms with Gasteiger partial charge in [-0.3, -0.25) is 4.79 Å². The molecule has 0 radical (unpaired) electrons. The first-order valence-electron chi connectivity index (χ1n) is 8.69. The Morgan fingerprint density at radius 1 is 1.24 bits per heavy atom. The van der Waals surface area contributed by atoms with Crippen molar-refractivity contribution in [2.75, 3.05) is 11.1 Å². The summed E-state index contributed by atoms with van der Waals surface area (Å²) in [6.45, 7) is 4.29. The fraction of sp³-hybridized carbons (Fsp3) is 0.500. The molecule has 1 heterocycles. The van der Waals surface area contributed by atoms with Crippen molar-refractivity contribution >= 4 is 39.8 Å². The Labute approximate surface area is 157 Å². The molecule has 134 valence electrons. The second-order valence-corrected chi connectivity index (χ2v) is 8.79. The molecule has 2 atom stereocenters. The molecule has 1 aromatic carbocycles. The topological polar surface area (TPSA) is 66.9 Å². The van der Waals surface area contributed by atoms with E-state index in [2.05, 4.69) is 46.8 Å². The molecule has 1 fully saturated rings. The molecule has 0 unspecified atom stereocenters. The van der Waals surface area contributed by atoms with Crippen LogP contribution in [0.2, 0.25) is 0 Å².